The lowest BCUT2D eigenvalue weighted by molar-refractivity contribution is 0.313. The molecule has 0 amide bonds. The Morgan fingerprint density at radius 2 is 1.68 bits per heavy atom. The van der Waals surface area contributed by atoms with E-state index >= 15 is 0 Å². The molecule has 1 saturated heterocycles. The molecule has 22 heavy (non-hydrogen) atoms. The molecule has 3 heteroatoms. The van der Waals surface area contributed by atoms with Gasteiger partial charge in [-0.3, -0.25) is 0 Å². The average molecular weight is 356 g/mol. The van der Waals surface area contributed by atoms with Crippen LogP contribution >= 0.6 is 15.9 Å². The normalized spacial score (nSPS) is 17.7. The lowest BCUT2D eigenvalue weighted by atomic mass is 9.86. The number of fused-ring (bicyclic) bond motifs is 2. The number of piperidine rings is 1. The van der Waals surface area contributed by atoms with Crippen molar-refractivity contribution in [2.75, 3.05) is 20.1 Å². The second-order valence-corrected chi connectivity index (χ2v) is 6.94. The van der Waals surface area contributed by atoms with Crippen LogP contribution in [0.5, 0.6) is 11.5 Å². The van der Waals surface area contributed by atoms with Crippen molar-refractivity contribution in [3.8, 4) is 11.5 Å². The van der Waals surface area contributed by atoms with E-state index in [4.69, 9.17) is 4.74 Å². The molecule has 0 spiro atoms. The Morgan fingerprint density at radius 1 is 0.955 bits per heavy atom. The van der Waals surface area contributed by atoms with Gasteiger partial charge in [0.15, 0.2) is 0 Å². The Labute approximate surface area is 139 Å². The fourth-order valence-corrected chi connectivity index (χ4v) is 3.67. The highest BCUT2D eigenvalue weighted by Crippen LogP contribution is 2.46. The fourth-order valence-electron chi connectivity index (χ4n) is 3.33. The van der Waals surface area contributed by atoms with Gasteiger partial charge in [-0.15, -0.1) is 0 Å². The minimum absolute atomic E-state index is 0.953. The molecule has 112 valence electrons. The lowest BCUT2D eigenvalue weighted by Gasteiger charge is -2.30. The van der Waals surface area contributed by atoms with Gasteiger partial charge in [-0.05, 0) is 49.7 Å². The van der Waals surface area contributed by atoms with Crippen molar-refractivity contribution in [1.29, 1.82) is 0 Å². The minimum Gasteiger partial charge on any atom is -0.456 e. The van der Waals surface area contributed by atoms with Crippen molar-refractivity contribution in [3.05, 3.63) is 63.6 Å². The predicted molar refractivity (Wildman–Crippen MR) is 93.4 cm³/mol. The Balaban J connectivity index is 1.92. The highest BCUT2D eigenvalue weighted by Gasteiger charge is 2.25. The molecule has 2 aromatic carbocycles. The largest absolute Gasteiger partial charge is 0.456 e. The van der Waals surface area contributed by atoms with Crippen LogP contribution in [0.25, 0.3) is 5.57 Å². The zero-order valence-electron chi connectivity index (χ0n) is 12.6. The molecule has 0 saturated carbocycles. The number of para-hydroxylation sites is 1. The van der Waals surface area contributed by atoms with Gasteiger partial charge in [0.2, 0.25) is 0 Å². The second-order valence-electron chi connectivity index (χ2n) is 6.02. The van der Waals surface area contributed by atoms with E-state index in [-0.39, 0.29) is 0 Å². The van der Waals surface area contributed by atoms with Gasteiger partial charge < -0.3 is 9.64 Å². The van der Waals surface area contributed by atoms with Crippen LogP contribution in [0.1, 0.15) is 24.0 Å². The Morgan fingerprint density at radius 3 is 2.50 bits per heavy atom. The molecular weight excluding hydrogens is 338 g/mol. The summed E-state index contributed by atoms with van der Waals surface area (Å²) in [5.41, 5.74) is 5.40. The smallest absolute Gasteiger partial charge is 0.136 e. The van der Waals surface area contributed by atoms with Crippen molar-refractivity contribution in [1.82, 2.24) is 4.90 Å². The maximum Gasteiger partial charge on any atom is 0.136 e. The van der Waals surface area contributed by atoms with Crippen molar-refractivity contribution in [3.63, 3.8) is 0 Å². The molecule has 4 rings (SSSR count). The van der Waals surface area contributed by atoms with Gasteiger partial charge in [0, 0.05) is 28.7 Å². The third kappa shape index (κ3) is 2.38. The van der Waals surface area contributed by atoms with Gasteiger partial charge in [0.1, 0.15) is 11.5 Å². The van der Waals surface area contributed by atoms with Crippen molar-refractivity contribution < 1.29 is 4.74 Å². The molecule has 0 radical (unpaired) electrons. The zero-order valence-corrected chi connectivity index (χ0v) is 14.2. The van der Waals surface area contributed by atoms with Gasteiger partial charge in [-0.2, -0.15) is 0 Å². The maximum absolute atomic E-state index is 6.13. The highest BCUT2D eigenvalue weighted by molar-refractivity contribution is 9.10. The van der Waals surface area contributed by atoms with Crippen molar-refractivity contribution in [2.45, 2.75) is 12.8 Å². The van der Waals surface area contributed by atoms with Crippen molar-refractivity contribution >= 4 is 21.5 Å². The van der Waals surface area contributed by atoms with Crippen LogP contribution in [0, 0.1) is 0 Å². The standard InChI is InChI=1S/C19H18BrNO/c1-21-10-8-13(9-11-21)19-15-4-2-3-5-17(15)22-18-12-14(20)6-7-16(18)19/h2-7,12H,8-11H2,1H3. The summed E-state index contributed by atoms with van der Waals surface area (Å²) in [6.45, 7) is 2.27. The number of ether oxygens (including phenoxy) is 1. The van der Waals surface area contributed by atoms with Crippen LogP contribution in [0.3, 0.4) is 0 Å². The molecule has 2 aliphatic rings. The first-order chi connectivity index (χ1) is 10.7. The molecule has 2 aromatic rings. The quantitative estimate of drug-likeness (QED) is 0.557. The van der Waals surface area contributed by atoms with Gasteiger partial charge in [0.05, 0.1) is 0 Å². The van der Waals surface area contributed by atoms with Gasteiger partial charge in [-0.1, -0.05) is 39.7 Å². The summed E-state index contributed by atoms with van der Waals surface area (Å²) in [6.07, 6.45) is 2.27. The fraction of sp³-hybridized carbons (Fsp3) is 0.263. The Bertz CT molecular complexity index is 756. The average Bonchev–Trinajstić information content (AvgIpc) is 2.53. The number of nitrogens with zero attached hydrogens (tertiary/aromatic N) is 1. The molecule has 0 aliphatic carbocycles. The third-order valence-corrected chi connectivity index (χ3v) is 5.03. The molecular formula is C19H18BrNO. The number of hydrogen-bond acceptors (Lipinski definition) is 2. The molecule has 0 bridgehead atoms. The van der Waals surface area contributed by atoms with Crippen LogP contribution in [0.2, 0.25) is 0 Å². The third-order valence-electron chi connectivity index (χ3n) is 4.53. The molecule has 0 N–H and O–H groups in total. The van der Waals surface area contributed by atoms with Crippen LogP contribution in [-0.4, -0.2) is 25.0 Å². The first kappa shape index (κ1) is 14.0. The summed E-state index contributed by atoms with van der Waals surface area (Å²) in [5.74, 6) is 1.92. The van der Waals surface area contributed by atoms with Crippen LogP contribution in [-0.2, 0) is 0 Å². The molecule has 0 unspecified atom stereocenters. The summed E-state index contributed by atoms with van der Waals surface area (Å²) < 4.78 is 7.18. The first-order valence-electron chi connectivity index (χ1n) is 7.70. The highest BCUT2D eigenvalue weighted by atomic mass is 79.9. The first-order valence-corrected chi connectivity index (χ1v) is 8.49. The van der Waals surface area contributed by atoms with E-state index in [9.17, 15) is 0 Å². The second kappa shape index (κ2) is 5.56. The van der Waals surface area contributed by atoms with E-state index in [0.29, 0.717) is 0 Å². The zero-order chi connectivity index (χ0) is 15.1. The molecule has 2 heterocycles. The molecule has 0 aromatic heterocycles. The molecule has 1 fully saturated rings. The van der Waals surface area contributed by atoms with Crippen LogP contribution in [0.4, 0.5) is 0 Å². The summed E-state index contributed by atoms with van der Waals surface area (Å²) in [7, 11) is 2.20. The van der Waals surface area contributed by atoms with Crippen LogP contribution in [0.15, 0.2) is 52.5 Å². The Hall–Kier alpha value is -1.58. The predicted octanol–water partition coefficient (Wildman–Crippen LogP) is 5.08. The van der Waals surface area contributed by atoms with E-state index in [2.05, 4.69) is 64.3 Å². The topological polar surface area (TPSA) is 12.5 Å². The van der Waals surface area contributed by atoms with E-state index < -0.39 is 0 Å². The summed E-state index contributed by atoms with van der Waals surface area (Å²) in [5, 5.41) is 0. The number of likely N-dealkylation sites (tertiary alicyclic amines) is 1. The molecule has 2 aliphatic heterocycles. The number of benzene rings is 2. The molecule has 2 nitrogen and oxygen atoms in total. The minimum atomic E-state index is 0.953. The van der Waals surface area contributed by atoms with Crippen LogP contribution < -0.4 is 4.74 Å². The molecule has 0 atom stereocenters. The lowest BCUT2D eigenvalue weighted by Crippen LogP contribution is -2.27. The summed E-state index contributed by atoms with van der Waals surface area (Å²) >= 11 is 3.55. The maximum atomic E-state index is 6.13. The Kier molecular flexibility index (Phi) is 3.55. The summed E-state index contributed by atoms with van der Waals surface area (Å²) in [4.78, 5) is 2.40. The number of hydrogen-bond donors (Lipinski definition) is 0. The van der Waals surface area contributed by atoms with Gasteiger partial charge >= 0.3 is 0 Å². The van der Waals surface area contributed by atoms with Gasteiger partial charge in [-0.25, -0.2) is 0 Å². The van der Waals surface area contributed by atoms with E-state index in [1.165, 1.54) is 16.7 Å². The SMILES string of the molecule is CN1CCC(=C2c3ccccc3Oc3cc(Br)ccc32)CC1. The van der Waals surface area contributed by atoms with Gasteiger partial charge in [0.25, 0.3) is 0 Å². The number of halogens is 1. The van der Waals surface area contributed by atoms with E-state index in [1.54, 1.807) is 5.57 Å². The number of rotatable bonds is 0. The van der Waals surface area contributed by atoms with Crippen molar-refractivity contribution in [2.24, 2.45) is 0 Å². The monoisotopic (exact) mass is 355 g/mol. The summed E-state index contributed by atoms with van der Waals surface area (Å²) in [6, 6.07) is 14.7. The van der Waals surface area contributed by atoms with E-state index in [1.807, 2.05) is 6.07 Å². The van der Waals surface area contributed by atoms with E-state index in [0.717, 1.165) is 41.9 Å².